The van der Waals surface area contributed by atoms with Gasteiger partial charge in [-0.3, -0.25) is 4.90 Å². The molecule has 0 radical (unpaired) electrons. The quantitative estimate of drug-likeness (QED) is 0.229. The molecule has 2 fully saturated rings. The van der Waals surface area contributed by atoms with Crippen molar-refractivity contribution in [2.75, 3.05) is 51.3 Å². The second-order valence-electron chi connectivity index (χ2n) is 11.4. The van der Waals surface area contributed by atoms with Crippen molar-refractivity contribution in [3.8, 4) is 22.6 Å². The summed E-state index contributed by atoms with van der Waals surface area (Å²) >= 11 is 0. The third kappa shape index (κ3) is 6.83. The third-order valence-corrected chi connectivity index (χ3v) is 8.79. The maximum atomic E-state index is 5.31. The van der Waals surface area contributed by atoms with Gasteiger partial charge in [-0.05, 0) is 66.3 Å². The van der Waals surface area contributed by atoms with E-state index in [0.717, 1.165) is 62.9 Å². The monoisotopic (exact) mass is 549 g/mol. The zero-order valence-corrected chi connectivity index (χ0v) is 24.3. The summed E-state index contributed by atoms with van der Waals surface area (Å²) in [6.45, 7) is 7.01. The minimum absolute atomic E-state index is 0.694. The Morgan fingerprint density at radius 2 is 1.61 bits per heavy atom. The number of para-hydroxylation sites is 1. The number of hydrogen-bond acceptors (Lipinski definition) is 5. The first-order chi connectivity index (χ1) is 20.3. The first-order valence-corrected chi connectivity index (χ1v) is 15.3. The molecule has 2 aliphatic rings. The van der Waals surface area contributed by atoms with Crippen molar-refractivity contribution >= 4 is 5.69 Å². The molecular weight excluding hydrogens is 506 g/mol. The van der Waals surface area contributed by atoms with E-state index in [9.17, 15) is 0 Å². The van der Waals surface area contributed by atoms with Crippen molar-refractivity contribution in [2.24, 2.45) is 0 Å². The second-order valence-corrected chi connectivity index (χ2v) is 11.4. The zero-order chi connectivity index (χ0) is 27.9. The van der Waals surface area contributed by atoms with Gasteiger partial charge in [-0.15, -0.1) is 0 Å². The van der Waals surface area contributed by atoms with Crippen molar-refractivity contribution in [3.05, 3.63) is 96.3 Å². The van der Waals surface area contributed by atoms with Crippen LogP contribution in [0.15, 0.2) is 85.1 Å². The Balaban J connectivity index is 1.08. The molecular formula is C35H43N5O. The molecule has 1 aliphatic carbocycles. The number of nitrogens with zero attached hydrogens (tertiary/aromatic N) is 4. The van der Waals surface area contributed by atoms with E-state index in [4.69, 9.17) is 9.84 Å². The van der Waals surface area contributed by atoms with Crippen molar-refractivity contribution in [1.29, 1.82) is 0 Å². The molecule has 41 heavy (non-hydrogen) atoms. The van der Waals surface area contributed by atoms with Crippen LogP contribution >= 0.6 is 0 Å². The first kappa shape index (κ1) is 27.6. The van der Waals surface area contributed by atoms with E-state index >= 15 is 0 Å². The fourth-order valence-corrected chi connectivity index (χ4v) is 6.36. The van der Waals surface area contributed by atoms with Gasteiger partial charge >= 0.3 is 0 Å². The summed E-state index contributed by atoms with van der Waals surface area (Å²) in [5.74, 6) is 1.60. The summed E-state index contributed by atoms with van der Waals surface area (Å²) in [4.78, 5) is 5.03. The van der Waals surface area contributed by atoms with Gasteiger partial charge in [0.25, 0.3) is 0 Å². The Hall–Kier alpha value is -3.61. The summed E-state index contributed by atoms with van der Waals surface area (Å²) in [5, 5.41) is 8.78. The maximum Gasteiger partial charge on any atom is 0.119 e. The Bertz CT molecular complexity index is 1370. The van der Waals surface area contributed by atoms with Crippen LogP contribution in [0, 0.1) is 0 Å². The highest BCUT2D eigenvalue weighted by Gasteiger charge is 2.19. The smallest absolute Gasteiger partial charge is 0.119 e. The van der Waals surface area contributed by atoms with Crippen LogP contribution in [0.2, 0.25) is 0 Å². The molecule has 6 nitrogen and oxygen atoms in total. The molecule has 1 aliphatic heterocycles. The fraction of sp³-hybridized carbons (Fsp3) is 0.400. The van der Waals surface area contributed by atoms with Crippen LogP contribution in [0.3, 0.4) is 0 Å². The number of rotatable bonds is 10. The van der Waals surface area contributed by atoms with Crippen LogP contribution in [0.4, 0.5) is 5.69 Å². The zero-order valence-electron chi connectivity index (χ0n) is 24.3. The molecule has 3 aromatic carbocycles. The van der Waals surface area contributed by atoms with Crippen molar-refractivity contribution < 1.29 is 4.74 Å². The number of anilines is 1. The minimum atomic E-state index is 0.694. The second kappa shape index (κ2) is 13.4. The van der Waals surface area contributed by atoms with E-state index in [1.54, 1.807) is 7.11 Å². The number of benzene rings is 3. The van der Waals surface area contributed by atoms with Gasteiger partial charge in [-0.25, -0.2) is 4.68 Å². The minimum Gasteiger partial charge on any atom is -0.497 e. The van der Waals surface area contributed by atoms with Gasteiger partial charge in [0.1, 0.15) is 5.75 Å². The molecule has 0 bridgehead atoms. The number of ether oxygens (including phenoxy) is 1. The van der Waals surface area contributed by atoms with E-state index in [1.165, 1.54) is 54.5 Å². The summed E-state index contributed by atoms with van der Waals surface area (Å²) < 4.78 is 7.35. The van der Waals surface area contributed by atoms with Gasteiger partial charge in [0.05, 0.1) is 18.5 Å². The third-order valence-electron chi connectivity index (χ3n) is 8.79. The predicted octanol–water partition coefficient (Wildman–Crippen LogP) is 6.51. The highest BCUT2D eigenvalue weighted by Crippen LogP contribution is 2.35. The average Bonchev–Trinajstić information content (AvgIpc) is 3.49. The van der Waals surface area contributed by atoms with Crippen LogP contribution in [-0.2, 0) is 6.54 Å². The van der Waals surface area contributed by atoms with Crippen LogP contribution < -0.4 is 15.0 Å². The molecule has 0 atom stereocenters. The van der Waals surface area contributed by atoms with Gasteiger partial charge in [0.15, 0.2) is 0 Å². The number of piperazine rings is 1. The first-order valence-electron chi connectivity index (χ1n) is 15.3. The van der Waals surface area contributed by atoms with Gasteiger partial charge < -0.3 is 15.0 Å². The fourth-order valence-electron chi connectivity index (χ4n) is 6.36. The van der Waals surface area contributed by atoms with Crippen LogP contribution in [0.25, 0.3) is 16.8 Å². The van der Waals surface area contributed by atoms with E-state index < -0.39 is 0 Å². The van der Waals surface area contributed by atoms with Gasteiger partial charge in [0.2, 0.25) is 0 Å². The Morgan fingerprint density at radius 1 is 0.829 bits per heavy atom. The highest BCUT2D eigenvalue weighted by molar-refractivity contribution is 5.67. The summed E-state index contributed by atoms with van der Waals surface area (Å²) in [6.07, 6.45) is 8.93. The maximum absolute atomic E-state index is 5.31. The van der Waals surface area contributed by atoms with Crippen molar-refractivity contribution in [3.63, 3.8) is 0 Å². The summed E-state index contributed by atoms with van der Waals surface area (Å²) in [6, 6.07) is 28.1. The molecule has 1 saturated carbocycles. The van der Waals surface area contributed by atoms with Gasteiger partial charge in [-0.1, -0.05) is 61.7 Å². The van der Waals surface area contributed by atoms with Gasteiger partial charge in [-0.2, -0.15) is 5.10 Å². The topological polar surface area (TPSA) is 45.6 Å². The van der Waals surface area contributed by atoms with Gasteiger partial charge in [0, 0.05) is 63.3 Å². The normalized spacial score (nSPS) is 16.7. The molecule has 4 aromatic rings. The van der Waals surface area contributed by atoms with Crippen LogP contribution in [0.1, 0.15) is 49.3 Å². The SMILES string of the molecule is COc1ccc(N2CCN(CCNCc3nn(-c4ccccc4)cc3-c3cccc(C4CCCCC4)c3)CC2)cc1. The lowest BCUT2D eigenvalue weighted by atomic mass is 9.83. The number of aromatic nitrogens is 2. The number of hydrogen-bond donors (Lipinski definition) is 1. The highest BCUT2D eigenvalue weighted by atomic mass is 16.5. The lowest BCUT2D eigenvalue weighted by Crippen LogP contribution is -2.48. The average molecular weight is 550 g/mol. The Kier molecular flexibility index (Phi) is 8.98. The van der Waals surface area contributed by atoms with E-state index in [2.05, 4.69) is 88.0 Å². The number of methoxy groups -OCH3 is 1. The molecule has 1 aromatic heterocycles. The lowest BCUT2D eigenvalue weighted by Gasteiger charge is -2.36. The summed E-state index contributed by atoms with van der Waals surface area (Å²) in [5.41, 5.74) is 7.48. The molecule has 6 rings (SSSR count). The largest absolute Gasteiger partial charge is 0.497 e. The Morgan fingerprint density at radius 3 is 2.37 bits per heavy atom. The van der Waals surface area contributed by atoms with E-state index in [1.807, 2.05) is 16.8 Å². The molecule has 1 N–H and O–H groups in total. The summed E-state index contributed by atoms with van der Waals surface area (Å²) in [7, 11) is 1.72. The standard InChI is InChI=1S/C35H43N5O/c1-41-33-17-15-31(16-18-33)39-23-21-38(22-24-39)20-19-36-26-35-34(27-40(37-35)32-13-6-3-7-14-32)30-12-8-11-29(25-30)28-9-4-2-5-10-28/h3,6-8,11-18,25,27-28,36H,2,4-5,9-10,19-24,26H2,1H3. The lowest BCUT2D eigenvalue weighted by molar-refractivity contribution is 0.257. The molecule has 0 spiro atoms. The van der Waals surface area contributed by atoms with Crippen LogP contribution in [0.5, 0.6) is 5.75 Å². The molecule has 1 saturated heterocycles. The van der Waals surface area contributed by atoms with E-state index in [0.29, 0.717) is 5.92 Å². The van der Waals surface area contributed by atoms with Crippen LogP contribution in [-0.4, -0.2) is 61.1 Å². The van der Waals surface area contributed by atoms with Crippen molar-refractivity contribution in [1.82, 2.24) is 20.0 Å². The molecule has 6 heteroatoms. The Labute approximate surface area is 244 Å². The predicted molar refractivity (Wildman–Crippen MR) is 168 cm³/mol. The molecule has 2 heterocycles. The van der Waals surface area contributed by atoms with Crippen molar-refractivity contribution in [2.45, 2.75) is 44.6 Å². The molecule has 214 valence electrons. The number of nitrogens with one attached hydrogen (secondary N) is 1. The van der Waals surface area contributed by atoms with E-state index in [-0.39, 0.29) is 0 Å². The molecule has 0 unspecified atom stereocenters. The molecule has 0 amide bonds.